The van der Waals surface area contributed by atoms with Crippen molar-refractivity contribution in [3.63, 3.8) is 0 Å². The second-order valence-corrected chi connectivity index (χ2v) is 8.43. The zero-order chi connectivity index (χ0) is 20.1. The fourth-order valence-electron chi connectivity index (χ4n) is 3.08. The summed E-state index contributed by atoms with van der Waals surface area (Å²) >= 11 is 0. The Labute approximate surface area is 162 Å². The molecule has 0 unspecified atom stereocenters. The van der Waals surface area contributed by atoms with Crippen LogP contribution < -0.4 is 0 Å². The Morgan fingerprint density at radius 3 is 1.69 bits per heavy atom. The third-order valence-corrected chi connectivity index (χ3v) is 6.16. The van der Waals surface area contributed by atoms with Gasteiger partial charge in [0.2, 0.25) is 0 Å². The normalized spacial score (nSPS) is 11.8. The van der Waals surface area contributed by atoms with Gasteiger partial charge in [-0.15, -0.1) is 0 Å². The standard InChI is InChI=1S/C14H32N.C7H8O3S/c1-5-9-10-11-12-13-14-15(6-2,7-3)8-4;1-6-2-4-7(5-3-6)11(8,9)10/h5-14H2,1-4H3;2-5H,1H3,(H,8,9,10)/q+1;/p-1. The molecule has 0 aliphatic rings. The highest BCUT2D eigenvalue weighted by molar-refractivity contribution is 7.85. The van der Waals surface area contributed by atoms with Crippen LogP contribution in [0.5, 0.6) is 0 Å². The van der Waals surface area contributed by atoms with Gasteiger partial charge in [-0.1, -0.05) is 50.3 Å². The van der Waals surface area contributed by atoms with E-state index in [9.17, 15) is 13.0 Å². The molecule has 26 heavy (non-hydrogen) atoms. The number of nitrogens with zero attached hydrogens (tertiary/aromatic N) is 1. The van der Waals surface area contributed by atoms with Gasteiger partial charge in [-0.05, 0) is 52.7 Å². The number of hydrogen-bond donors (Lipinski definition) is 0. The Bertz CT molecular complexity index is 555. The number of benzene rings is 1. The third kappa shape index (κ3) is 10.3. The Balaban J connectivity index is 0.000000502. The highest BCUT2D eigenvalue weighted by atomic mass is 32.2. The summed E-state index contributed by atoms with van der Waals surface area (Å²) in [7, 11) is -4.27. The number of unbranched alkanes of at least 4 members (excludes halogenated alkanes) is 5. The van der Waals surface area contributed by atoms with Gasteiger partial charge in [0.1, 0.15) is 10.1 Å². The van der Waals surface area contributed by atoms with Crippen LogP contribution in [0.3, 0.4) is 0 Å². The monoisotopic (exact) mass is 385 g/mol. The van der Waals surface area contributed by atoms with Crippen molar-refractivity contribution >= 4 is 10.1 Å². The summed E-state index contributed by atoms with van der Waals surface area (Å²) in [5.74, 6) is 0. The van der Waals surface area contributed by atoms with E-state index in [1.807, 2.05) is 6.92 Å². The number of hydrogen-bond acceptors (Lipinski definition) is 3. The maximum absolute atomic E-state index is 10.4. The van der Waals surface area contributed by atoms with Crippen molar-refractivity contribution in [2.24, 2.45) is 0 Å². The first-order chi connectivity index (χ1) is 12.2. The van der Waals surface area contributed by atoms with Gasteiger partial charge in [0.05, 0.1) is 31.1 Å². The zero-order valence-corrected chi connectivity index (χ0v) is 18.3. The van der Waals surface area contributed by atoms with E-state index in [1.165, 1.54) is 81.3 Å². The Kier molecular flexibility index (Phi) is 12.8. The molecule has 0 bridgehead atoms. The molecule has 1 aromatic rings. The minimum absolute atomic E-state index is 0.178. The molecule has 4 nitrogen and oxygen atoms in total. The maximum atomic E-state index is 10.4. The highest BCUT2D eigenvalue weighted by Gasteiger charge is 2.19. The molecule has 0 N–H and O–H groups in total. The molecule has 0 saturated carbocycles. The SMILES string of the molecule is CCCCCCCC[N+](CC)(CC)CC.Cc1ccc(S(=O)(=O)[O-])cc1. The van der Waals surface area contributed by atoms with Gasteiger partial charge in [0, 0.05) is 0 Å². The van der Waals surface area contributed by atoms with Crippen LogP contribution in [0.4, 0.5) is 0 Å². The lowest BCUT2D eigenvalue weighted by Crippen LogP contribution is -2.48. The second-order valence-electron chi connectivity index (χ2n) is 7.05. The van der Waals surface area contributed by atoms with Crippen LogP contribution in [0.15, 0.2) is 29.2 Å². The summed E-state index contributed by atoms with van der Waals surface area (Å²) in [6, 6.07) is 5.78. The molecule has 5 heteroatoms. The van der Waals surface area contributed by atoms with E-state index in [2.05, 4.69) is 27.7 Å². The lowest BCUT2D eigenvalue weighted by Gasteiger charge is -2.35. The Morgan fingerprint density at radius 1 is 0.808 bits per heavy atom. The molecule has 152 valence electrons. The molecule has 0 amide bonds. The third-order valence-electron chi connectivity index (χ3n) is 5.31. The van der Waals surface area contributed by atoms with Gasteiger partial charge in [-0.25, -0.2) is 8.42 Å². The van der Waals surface area contributed by atoms with Gasteiger partial charge < -0.3 is 9.04 Å². The smallest absolute Gasteiger partial charge is 0.124 e. The van der Waals surface area contributed by atoms with E-state index in [1.54, 1.807) is 12.1 Å². The molecular weight excluding hydrogens is 346 g/mol. The molecule has 0 spiro atoms. The van der Waals surface area contributed by atoms with E-state index in [-0.39, 0.29) is 4.90 Å². The van der Waals surface area contributed by atoms with Gasteiger partial charge in [-0.2, -0.15) is 0 Å². The molecule has 1 aromatic carbocycles. The van der Waals surface area contributed by atoms with Crippen molar-refractivity contribution in [1.82, 2.24) is 0 Å². The average molecular weight is 386 g/mol. The van der Waals surface area contributed by atoms with Crippen LogP contribution in [0.2, 0.25) is 0 Å². The van der Waals surface area contributed by atoms with Crippen LogP contribution in [0.25, 0.3) is 0 Å². The molecule has 0 radical (unpaired) electrons. The maximum Gasteiger partial charge on any atom is 0.124 e. The van der Waals surface area contributed by atoms with Crippen molar-refractivity contribution in [3.05, 3.63) is 29.8 Å². The summed E-state index contributed by atoms with van der Waals surface area (Å²) in [4.78, 5) is -0.178. The lowest BCUT2D eigenvalue weighted by atomic mass is 10.1. The number of aryl methyl sites for hydroxylation is 1. The molecular formula is C21H39NO3S. The number of quaternary nitrogens is 1. The Hall–Kier alpha value is -0.910. The minimum Gasteiger partial charge on any atom is -0.744 e. The number of rotatable bonds is 11. The van der Waals surface area contributed by atoms with Crippen LogP contribution in [0, 0.1) is 6.92 Å². The van der Waals surface area contributed by atoms with Gasteiger partial charge >= 0.3 is 0 Å². The fourth-order valence-corrected chi connectivity index (χ4v) is 3.55. The zero-order valence-electron chi connectivity index (χ0n) is 17.5. The van der Waals surface area contributed by atoms with E-state index >= 15 is 0 Å². The summed E-state index contributed by atoms with van der Waals surface area (Å²) < 4.78 is 32.5. The molecule has 0 fully saturated rings. The molecule has 0 saturated heterocycles. The largest absolute Gasteiger partial charge is 0.744 e. The van der Waals surface area contributed by atoms with Gasteiger partial charge in [0.25, 0.3) is 0 Å². The first-order valence-electron chi connectivity index (χ1n) is 10.1. The summed E-state index contributed by atoms with van der Waals surface area (Å²) in [6.45, 7) is 16.4. The lowest BCUT2D eigenvalue weighted by molar-refractivity contribution is -0.923. The van der Waals surface area contributed by atoms with E-state index in [0.717, 1.165) is 5.56 Å². The van der Waals surface area contributed by atoms with Crippen LogP contribution in [-0.2, 0) is 10.1 Å². The molecule has 0 aromatic heterocycles. The fraction of sp³-hybridized carbons (Fsp3) is 0.714. The van der Waals surface area contributed by atoms with E-state index in [4.69, 9.17) is 0 Å². The topological polar surface area (TPSA) is 57.2 Å². The van der Waals surface area contributed by atoms with E-state index < -0.39 is 10.1 Å². The van der Waals surface area contributed by atoms with Crippen molar-refractivity contribution in [1.29, 1.82) is 0 Å². The van der Waals surface area contributed by atoms with E-state index in [0.29, 0.717) is 0 Å². The summed E-state index contributed by atoms with van der Waals surface area (Å²) in [6.07, 6.45) is 8.55. The van der Waals surface area contributed by atoms with Crippen molar-refractivity contribution in [3.8, 4) is 0 Å². The summed E-state index contributed by atoms with van der Waals surface area (Å²) in [5, 5.41) is 0. The van der Waals surface area contributed by atoms with Crippen LogP contribution in [0.1, 0.15) is 71.8 Å². The predicted octanol–water partition coefficient (Wildman–Crippen LogP) is 5.12. The second kappa shape index (κ2) is 13.3. The molecule has 0 aliphatic carbocycles. The van der Waals surface area contributed by atoms with Gasteiger partial charge in [-0.3, -0.25) is 0 Å². The highest BCUT2D eigenvalue weighted by Crippen LogP contribution is 2.11. The van der Waals surface area contributed by atoms with Crippen molar-refractivity contribution in [2.75, 3.05) is 26.2 Å². The average Bonchev–Trinajstić information content (AvgIpc) is 2.62. The molecule has 0 heterocycles. The van der Waals surface area contributed by atoms with Crippen LogP contribution >= 0.6 is 0 Å². The molecule has 1 rings (SSSR count). The van der Waals surface area contributed by atoms with Gasteiger partial charge in [0.15, 0.2) is 0 Å². The quantitative estimate of drug-likeness (QED) is 0.302. The first kappa shape index (κ1) is 25.1. The molecule has 0 aliphatic heterocycles. The van der Waals surface area contributed by atoms with Crippen LogP contribution in [-0.4, -0.2) is 43.6 Å². The minimum atomic E-state index is -4.27. The summed E-state index contributed by atoms with van der Waals surface area (Å²) in [5.41, 5.74) is 0.928. The van der Waals surface area contributed by atoms with Crippen molar-refractivity contribution < 1.29 is 17.5 Å². The van der Waals surface area contributed by atoms with Crippen molar-refractivity contribution in [2.45, 2.75) is 78.0 Å². The Morgan fingerprint density at radius 2 is 1.27 bits per heavy atom. The first-order valence-corrected chi connectivity index (χ1v) is 11.5. The molecule has 0 atom stereocenters. The predicted molar refractivity (Wildman–Crippen MR) is 109 cm³/mol.